The van der Waals surface area contributed by atoms with Crippen LogP contribution in [0.1, 0.15) is 41.1 Å². The molecular formula is C18H22N4O3. The van der Waals surface area contributed by atoms with Gasteiger partial charge in [0.15, 0.2) is 5.69 Å². The first-order valence-electron chi connectivity index (χ1n) is 8.37. The van der Waals surface area contributed by atoms with E-state index in [2.05, 4.69) is 10.4 Å². The van der Waals surface area contributed by atoms with Crippen molar-refractivity contribution in [3.63, 3.8) is 0 Å². The Morgan fingerprint density at radius 1 is 1.28 bits per heavy atom. The molecule has 0 unspecified atom stereocenters. The van der Waals surface area contributed by atoms with Crippen LogP contribution in [0, 0.1) is 0 Å². The third kappa shape index (κ3) is 3.88. The predicted molar refractivity (Wildman–Crippen MR) is 91.7 cm³/mol. The van der Waals surface area contributed by atoms with Gasteiger partial charge in [-0.3, -0.25) is 14.3 Å². The van der Waals surface area contributed by atoms with E-state index < -0.39 is 6.04 Å². The molecule has 3 rings (SSSR count). The number of nitrogens with zero attached hydrogens (tertiary/aromatic N) is 3. The van der Waals surface area contributed by atoms with Crippen LogP contribution < -0.4 is 5.32 Å². The summed E-state index contributed by atoms with van der Waals surface area (Å²) < 4.78 is 1.79. The summed E-state index contributed by atoms with van der Waals surface area (Å²) in [5.41, 5.74) is 1.98. The first-order valence-corrected chi connectivity index (χ1v) is 8.37. The van der Waals surface area contributed by atoms with E-state index in [9.17, 15) is 14.7 Å². The summed E-state index contributed by atoms with van der Waals surface area (Å²) in [5, 5.41) is 16.8. The number of benzene rings is 1. The fourth-order valence-corrected chi connectivity index (χ4v) is 2.99. The lowest BCUT2D eigenvalue weighted by Crippen LogP contribution is -2.31. The SMILES string of the molecule is CC(=O)N1CCCn2nc(C(=O)N[C@@H](CO)c3ccccc3)cc2C1. The Balaban J connectivity index is 1.75. The predicted octanol–water partition coefficient (Wildman–Crippen LogP) is 1.10. The van der Waals surface area contributed by atoms with Crippen LogP contribution in [-0.4, -0.2) is 44.8 Å². The maximum atomic E-state index is 12.5. The highest BCUT2D eigenvalue weighted by molar-refractivity contribution is 5.92. The zero-order valence-corrected chi connectivity index (χ0v) is 14.2. The van der Waals surface area contributed by atoms with Crippen LogP contribution in [0.4, 0.5) is 0 Å². The molecule has 1 aromatic carbocycles. The number of fused-ring (bicyclic) bond motifs is 1. The number of aryl methyl sites for hydroxylation is 1. The number of hydrogen-bond acceptors (Lipinski definition) is 4. The maximum Gasteiger partial charge on any atom is 0.272 e. The molecule has 0 saturated heterocycles. The molecule has 132 valence electrons. The van der Waals surface area contributed by atoms with Gasteiger partial charge in [-0.15, -0.1) is 0 Å². The number of rotatable bonds is 4. The average molecular weight is 342 g/mol. The number of carbonyl (C=O) groups excluding carboxylic acids is 2. The Kier molecular flexibility index (Phi) is 5.14. The summed E-state index contributed by atoms with van der Waals surface area (Å²) in [6.07, 6.45) is 0.804. The van der Waals surface area contributed by atoms with Crippen LogP contribution in [-0.2, 0) is 17.9 Å². The molecule has 7 nitrogen and oxygen atoms in total. The number of amides is 2. The summed E-state index contributed by atoms with van der Waals surface area (Å²) in [6, 6.07) is 10.5. The van der Waals surface area contributed by atoms with Gasteiger partial charge in [0.05, 0.1) is 24.9 Å². The Labute approximate surface area is 146 Å². The lowest BCUT2D eigenvalue weighted by atomic mass is 10.1. The number of hydrogen-bond donors (Lipinski definition) is 2. The fraction of sp³-hybridized carbons (Fsp3) is 0.389. The Bertz CT molecular complexity index is 757. The van der Waals surface area contributed by atoms with Crippen molar-refractivity contribution in [1.29, 1.82) is 0 Å². The molecule has 2 heterocycles. The van der Waals surface area contributed by atoms with Crippen LogP contribution in [0.5, 0.6) is 0 Å². The van der Waals surface area contributed by atoms with Crippen LogP contribution in [0.2, 0.25) is 0 Å². The lowest BCUT2D eigenvalue weighted by Gasteiger charge is -2.17. The number of aliphatic hydroxyl groups excluding tert-OH is 1. The molecule has 0 bridgehead atoms. The molecule has 0 aliphatic carbocycles. The van der Waals surface area contributed by atoms with Crippen molar-refractivity contribution in [3.05, 3.63) is 53.3 Å². The van der Waals surface area contributed by atoms with Crippen LogP contribution >= 0.6 is 0 Å². The van der Waals surface area contributed by atoms with Gasteiger partial charge in [-0.25, -0.2) is 0 Å². The molecule has 1 aliphatic rings. The second-order valence-electron chi connectivity index (χ2n) is 6.16. The highest BCUT2D eigenvalue weighted by Crippen LogP contribution is 2.16. The summed E-state index contributed by atoms with van der Waals surface area (Å²) in [4.78, 5) is 25.9. The maximum absolute atomic E-state index is 12.5. The molecule has 1 aromatic heterocycles. The van der Waals surface area contributed by atoms with Crippen molar-refractivity contribution in [3.8, 4) is 0 Å². The van der Waals surface area contributed by atoms with Crippen molar-refractivity contribution in [2.75, 3.05) is 13.2 Å². The van der Waals surface area contributed by atoms with E-state index in [4.69, 9.17) is 0 Å². The topological polar surface area (TPSA) is 87.5 Å². The Morgan fingerprint density at radius 2 is 2.04 bits per heavy atom. The molecule has 2 amide bonds. The quantitative estimate of drug-likeness (QED) is 0.871. The monoisotopic (exact) mass is 342 g/mol. The minimum atomic E-state index is -0.482. The standard InChI is InChI=1S/C18H22N4O3/c1-13(24)21-8-5-9-22-15(11-21)10-16(20-22)18(25)19-17(12-23)14-6-3-2-4-7-14/h2-4,6-7,10,17,23H,5,8-9,11-12H2,1H3,(H,19,25)/t17-/m0/s1. The largest absolute Gasteiger partial charge is 0.394 e. The number of carbonyl (C=O) groups is 2. The van der Waals surface area contributed by atoms with E-state index in [1.807, 2.05) is 30.3 Å². The van der Waals surface area contributed by atoms with Crippen LogP contribution in [0.3, 0.4) is 0 Å². The van der Waals surface area contributed by atoms with Crippen LogP contribution in [0.25, 0.3) is 0 Å². The van der Waals surface area contributed by atoms with Gasteiger partial charge in [-0.1, -0.05) is 30.3 Å². The molecule has 0 fully saturated rings. The van der Waals surface area contributed by atoms with E-state index in [1.54, 1.807) is 22.6 Å². The van der Waals surface area contributed by atoms with Gasteiger partial charge in [-0.05, 0) is 18.1 Å². The van der Waals surface area contributed by atoms with Gasteiger partial charge in [0.2, 0.25) is 5.91 Å². The summed E-state index contributed by atoms with van der Waals surface area (Å²) in [6.45, 7) is 3.18. The Morgan fingerprint density at radius 3 is 2.72 bits per heavy atom. The van der Waals surface area contributed by atoms with Crippen molar-refractivity contribution in [1.82, 2.24) is 20.0 Å². The number of aromatic nitrogens is 2. The molecule has 1 aliphatic heterocycles. The van der Waals surface area contributed by atoms with E-state index in [1.165, 1.54) is 0 Å². The summed E-state index contributed by atoms with van der Waals surface area (Å²) >= 11 is 0. The highest BCUT2D eigenvalue weighted by atomic mass is 16.3. The van der Waals surface area contributed by atoms with Gasteiger partial charge in [0.25, 0.3) is 5.91 Å². The second-order valence-corrected chi connectivity index (χ2v) is 6.16. The van der Waals surface area contributed by atoms with Gasteiger partial charge in [0, 0.05) is 20.0 Å². The second kappa shape index (κ2) is 7.48. The molecule has 0 saturated carbocycles. The summed E-state index contributed by atoms with van der Waals surface area (Å²) in [7, 11) is 0. The molecule has 0 spiro atoms. The van der Waals surface area contributed by atoms with Crippen molar-refractivity contribution < 1.29 is 14.7 Å². The van der Waals surface area contributed by atoms with E-state index >= 15 is 0 Å². The van der Waals surface area contributed by atoms with Gasteiger partial charge < -0.3 is 15.3 Å². The Hall–Kier alpha value is -2.67. The van der Waals surface area contributed by atoms with Crippen LogP contribution in [0.15, 0.2) is 36.4 Å². The lowest BCUT2D eigenvalue weighted by molar-refractivity contribution is -0.129. The van der Waals surface area contributed by atoms with E-state index in [0.29, 0.717) is 25.3 Å². The summed E-state index contributed by atoms with van der Waals surface area (Å²) in [5.74, 6) is -0.317. The molecular weight excluding hydrogens is 320 g/mol. The van der Waals surface area contributed by atoms with Gasteiger partial charge in [-0.2, -0.15) is 5.10 Å². The third-order valence-corrected chi connectivity index (χ3v) is 4.38. The molecule has 7 heteroatoms. The first-order chi connectivity index (χ1) is 12.1. The van der Waals surface area contributed by atoms with Crippen molar-refractivity contribution >= 4 is 11.8 Å². The van der Waals surface area contributed by atoms with Crippen molar-refractivity contribution in [2.24, 2.45) is 0 Å². The molecule has 2 N–H and O–H groups in total. The smallest absolute Gasteiger partial charge is 0.272 e. The normalized spacial score (nSPS) is 15.2. The molecule has 0 radical (unpaired) electrons. The molecule has 2 aromatic rings. The van der Waals surface area contributed by atoms with E-state index in [-0.39, 0.29) is 18.4 Å². The molecule has 1 atom stereocenters. The number of nitrogens with one attached hydrogen (secondary N) is 1. The zero-order chi connectivity index (χ0) is 17.8. The fourth-order valence-electron chi connectivity index (χ4n) is 2.99. The molecule has 25 heavy (non-hydrogen) atoms. The highest BCUT2D eigenvalue weighted by Gasteiger charge is 2.22. The van der Waals surface area contributed by atoms with Gasteiger partial charge >= 0.3 is 0 Å². The van der Waals surface area contributed by atoms with Crippen molar-refractivity contribution in [2.45, 2.75) is 32.5 Å². The number of aliphatic hydroxyl groups is 1. The van der Waals surface area contributed by atoms with E-state index in [0.717, 1.165) is 17.7 Å². The zero-order valence-electron chi connectivity index (χ0n) is 14.2. The minimum Gasteiger partial charge on any atom is -0.394 e. The third-order valence-electron chi connectivity index (χ3n) is 4.38. The first kappa shape index (κ1) is 17.2. The average Bonchev–Trinajstić information content (AvgIpc) is 2.91. The minimum absolute atomic E-state index is 0.0186. The van der Waals surface area contributed by atoms with Gasteiger partial charge in [0.1, 0.15) is 0 Å².